The van der Waals surface area contributed by atoms with Crippen molar-refractivity contribution in [2.24, 2.45) is 0 Å². The van der Waals surface area contributed by atoms with Gasteiger partial charge in [-0.25, -0.2) is 4.98 Å². The van der Waals surface area contributed by atoms with Crippen molar-refractivity contribution in [2.75, 3.05) is 5.73 Å². The van der Waals surface area contributed by atoms with E-state index >= 15 is 0 Å². The molecule has 4 rings (SSSR count). The molecular formula is C23H22N6. The lowest BCUT2D eigenvalue weighted by molar-refractivity contribution is 0.793. The highest BCUT2D eigenvalue weighted by molar-refractivity contribution is 5.71. The molecule has 0 radical (unpaired) electrons. The molecule has 29 heavy (non-hydrogen) atoms. The van der Waals surface area contributed by atoms with Gasteiger partial charge < -0.3 is 5.73 Å². The van der Waals surface area contributed by atoms with Crippen LogP contribution in [0.2, 0.25) is 0 Å². The maximum absolute atomic E-state index is 9.72. The molecule has 0 atom stereocenters. The third-order valence-corrected chi connectivity index (χ3v) is 5.00. The van der Waals surface area contributed by atoms with E-state index in [-0.39, 0.29) is 5.95 Å². The summed E-state index contributed by atoms with van der Waals surface area (Å²) < 4.78 is 1.70. The summed E-state index contributed by atoms with van der Waals surface area (Å²) in [6, 6.07) is 18.3. The van der Waals surface area contributed by atoms with Gasteiger partial charge in [-0.1, -0.05) is 55.8 Å². The maximum atomic E-state index is 9.72. The quantitative estimate of drug-likeness (QED) is 0.561. The van der Waals surface area contributed by atoms with Crippen molar-refractivity contribution in [3.63, 3.8) is 0 Å². The largest absolute Gasteiger partial charge is 0.366 e. The van der Waals surface area contributed by atoms with Gasteiger partial charge in [-0.15, -0.1) is 5.10 Å². The van der Waals surface area contributed by atoms with Crippen LogP contribution in [0.5, 0.6) is 0 Å². The van der Waals surface area contributed by atoms with Crippen LogP contribution in [0.15, 0.2) is 48.5 Å². The van der Waals surface area contributed by atoms with Crippen LogP contribution in [0.3, 0.4) is 0 Å². The first-order chi connectivity index (χ1) is 14.1. The summed E-state index contributed by atoms with van der Waals surface area (Å²) in [4.78, 5) is 9.19. The van der Waals surface area contributed by atoms with Crippen LogP contribution in [0.1, 0.15) is 41.6 Å². The van der Waals surface area contributed by atoms with Gasteiger partial charge in [0.2, 0.25) is 5.95 Å². The fraction of sp³-hybridized carbons (Fsp3) is 0.217. The normalized spacial score (nSPS) is 10.9. The number of rotatable bonds is 5. The summed E-state index contributed by atoms with van der Waals surface area (Å²) in [7, 11) is 0. The molecule has 2 heterocycles. The van der Waals surface area contributed by atoms with Crippen molar-refractivity contribution in [2.45, 2.75) is 33.1 Å². The van der Waals surface area contributed by atoms with Gasteiger partial charge in [-0.3, -0.25) is 0 Å². The molecule has 2 N–H and O–H groups in total. The van der Waals surface area contributed by atoms with Crippen molar-refractivity contribution in [3.8, 4) is 17.2 Å². The monoisotopic (exact) mass is 382 g/mol. The van der Waals surface area contributed by atoms with Crippen molar-refractivity contribution in [3.05, 3.63) is 76.7 Å². The molecule has 144 valence electrons. The van der Waals surface area contributed by atoms with Gasteiger partial charge in [0.1, 0.15) is 5.82 Å². The zero-order valence-corrected chi connectivity index (χ0v) is 16.6. The second kappa shape index (κ2) is 7.72. The molecule has 2 aromatic carbocycles. The number of nitrogens with two attached hydrogens (primary N) is 1. The third-order valence-electron chi connectivity index (χ3n) is 5.00. The minimum absolute atomic E-state index is 0.238. The topological polar surface area (TPSA) is 92.9 Å². The number of fused-ring (bicyclic) bond motifs is 1. The van der Waals surface area contributed by atoms with Gasteiger partial charge in [-0.2, -0.15) is 14.8 Å². The highest BCUT2D eigenvalue weighted by Crippen LogP contribution is 2.27. The smallest absolute Gasteiger partial charge is 0.240 e. The van der Waals surface area contributed by atoms with E-state index in [1.54, 1.807) is 4.52 Å². The molecule has 0 amide bonds. The Balaban J connectivity index is 1.80. The molecule has 0 spiro atoms. The van der Waals surface area contributed by atoms with Crippen LogP contribution >= 0.6 is 0 Å². The van der Waals surface area contributed by atoms with Crippen molar-refractivity contribution < 1.29 is 0 Å². The standard InChI is InChI=1S/C23H22N6/c1-3-7-21-20(22-27-23(25)28-29(22)15(2)26-21)13-16-10-11-19(18(12-16)14-24)17-8-5-4-6-9-17/h4-6,8-12H,3,7,13H2,1-2H3,(H2,25,28). The highest BCUT2D eigenvalue weighted by atomic mass is 15.3. The van der Waals surface area contributed by atoms with Gasteiger partial charge in [0.15, 0.2) is 5.65 Å². The van der Waals surface area contributed by atoms with Crippen LogP contribution in [0.25, 0.3) is 16.8 Å². The van der Waals surface area contributed by atoms with Crippen molar-refractivity contribution >= 4 is 11.6 Å². The number of aromatic nitrogens is 4. The lowest BCUT2D eigenvalue weighted by atomic mass is 9.95. The summed E-state index contributed by atoms with van der Waals surface area (Å²) in [6.45, 7) is 4.04. The molecule has 6 heteroatoms. The summed E-state index contributed by atoms with van der Waals surface area (Å²) in [5, 5.41) is 14.0. The fourth-order valence-corrected chi connectivity index (χ4v) is 3.68. The fourth-order valence-electron chi connectivity index (χ4n) is 3.68. The number of nitriles is 1. The molecular weight excluding hydrogens is 360 g/mol. The Kier molecular flexibility index (Phi) is 4.96. The number of anilines is 1. The number of benzene rings is 2. The second-order valence-corrected chi connectivity index (χ2v) is 7.07. The Labute approximate surface area is 169 Å². The van der Waals surface area contributed by atoms with E-state index in [1.807, 2.05) is 49.4 Å². The lowest BCUT2D eigenvalue weighted by Crippen LogP contribution is -2.08. The highest BCUT2D eigenvalue weighted by Gasteiger charge is 2.17. The van der Waals surface area contributed by atoms with Crippen molar-refractivity contribution in [1.82, 2.24) is 19.6 Å². The van der Waals surface area contributed by atoms with Gasteiger partial charge in [-0.05, 0) is 36.1 Å². The van der Waals surface area contributed by atoms with Crippen LogP contribution < -0.4 is 5.73 Å². The molecule has 6 nitrogen and oxygen atoms in total. The predicted octanol–water partition coefficient (Wildman–Crippen LogP) is 4.10. The minimum atomic E-state index is 0.238. The number of nitrogens with zero attached hydrogens (tertiary/aromatic N) is 5. The number of nitrogen functional groups attached to an aromatic ring is 1. The Morgan fingerprint density at radius 2 is 1.90 bits per heavy atom. The maximum Gasteiger partial charge on any atom is 0.240 e. The third kappa shape index (κ3) is 3.55. The molecule has 0 unspecified atom stereocenters. The Morgan fingerprint density at radius 1 is 1.10 bits per heavy atom. The first-order valence-corrected chi connectivity index (χ1v) is 9.69. The number of aryl methyl sites for hydroxylation is 2. The van der Waals surface area contributed by atoms with E-state index in [0.717, 1.165) is 52.3 Å². The van der Waals surface area contributed by atoms with E-state index in [1.165, 1.54) is 0 Å². The number of hydrogen-bond acceptors (Lipinski definition) is 5. The zero-order valence-electron chi connectivity index (χ0n) is 16.6. The molecule has 0 aliphatic carbocycles. The predicted molar refractivity (Wildman–Crippen MR) is 113 cm³/mol. The molecule has 4 aromatic rings. The van der Waals surface area contributed by atoms with Gasteiger partial charge in [0.05, 0.1) is 11.6 Å². The van der Waals surface area contributed by atoms with E-state index in [4.69, 9.17) is 10.7 Å². The van der Waals surface area contributed by atoms with Gasteiger partial charge in [0.25, 0.3) is 0 Å². The van der Waals surface area contributed by atoms with Gasteiger partial charge >= 0.3 is 0 Å². The van der Waals surface area contributed by atoms with E-state index in [0.29, 0.717) is 12.0 Å². The average molecular weight is 382 g/mol. The Morgan fingerprint density at radius 3 is 2.62 bits per heavy atom. The van der Waals surface area contributed by atoms with Crippen molar-refractivity contribution in [1.29, 1.82) is 5.26 Å². The van der Waals surface area contributed by atoms with Crippen LogP contribution in [0.4, 0.5) is 5.95 Å². The molecule has 0 aliphatic rings. The Bertz CT molecular complexity index is 1220. The van der Waals surface area contributed by atoms with Crippen LogP contribution in [-0.2, 0) is 12.8 Å². The first kappa shape index (κ1) is 18.6. The molecule has 0 fully saturated rings. The second-order valence-electron chi connectivity index (χ2n) is 7.07. The van der Waals surface area contributed by atoms with E-state index in [2.05, 4.69) is 29.1 Å². The molecule has 0 saturated heterocycles. The SMILES string of the molecule is CCCc1nc(C)n2nc(N)nc2c1Cc1ccc(-c2ccccc2)c(C#N)c1. The zero-order chi connectivity index (χ0) is 20.4. The van der Waals surface area contributed by atoms with Crippen LogP contribution in [0, 0.1) is 18.3 Å². The molecule has 0 bridgehead atoms. The lowest BCUT2D eigenvalue weighted by Gasteiger charge is -2.12. The number of hydrogen-bond donors (Lipinski definition) is 1. The first-order valence-electron chi connectivity index (χ1n) is 9.69. The average Bonchev–Trinajstić information content (AvgIpc) is 3.14. The summed E-state index contributed by atoms with van der Waals surface area (Å²) in [5.74, 6) is 1.01. The van der Waals surface area contributed by atoms with Gasteiger partial charge in [0, 0.05) is 17.7 Å². The summed E-state index contributed by atoms with van der Waals surface area (Å²) in [6.07, 6.45) is 2.45. The minimum Gasteiger partial charge on any atom is -0.366 e. The van der Waals surface area contributed by atoms with E-state index < -0.39 is 0 Å². The van der Waals surface area contributed by atoms with E-state index in [9.17, 15) is 5.26 Å². The molecule has 2 aromatic heterocycles. The molecule has 0 aliphatic heterocycles. The molecule has 0 saturated carbocycles. The summed E-state index contributed by atoms with van der Waals surface area (Å²) in [5.41, 5.74) is 12.3. The van der Waals surface area contributed by atoms with Crippen LogP contribution in [-0.4, -0.2) is 19.6 Å². The summed E-state index contributed by atoms with van der Waals surface area (Å²) >= 11 is 0. The Hall–Kier alpha value is -3.72.